The van der Waals surface area contributed by atoms with Crippen LogP contribution >= 0.6 is 0 Å². The van der Waals surface area contributed by atoms with Gasteiger partial charge in [0.1, 0.15) is 5.82 Å². The summed E-state index contributed by atoms with van der Waals surface area (Å²) in [6, 6.07) is 4.38. The third kappa shape index (κ3) is 4.37. The van der Waals surface area contributed by atoms with Crippen LogP contribution in [-0.4, -0.2) is 47.5 Å². The quantitative estimate of drug-likeness (QED) is 0.716. The van der Waals surface area contributed by atoms with Gasteiger partial charge in [-0.05, 0) is 24.9 Å². The summed E-state index contributed by atoms with van der Waals surface area (Å²) >= 11 is 0. The molecule has 27 heavy (non-hydrogen) atoms. The van der Waals surface area contributed by atoms with Gasteiger partial charge in [-0.1, -0.05) is 6.92 Å². The number of aliphatic hydroxyl groups is 1. The van der Waals surface area contributed by atoms with Crippen LogP contribution in [0.5, 0.6) is 11.5 Å². The maximum absolute atomic E-state index is 14.7. The highest BCUT2D eigenvalue weighted by Crippen LogP contribution is 2.35. The summed E-state index contributed by atoms with van der Waals surface area (Å²) in [5.74, 6) is 0.119. The number of halogens is 1. The van der Waals surface area contributed by atoms with E-state index in [9.17, 15) is 14.5 Å². The molecule has 2 heterocycles. The van der Waals surface area contributed by atoms with Gasteiger partial charge in [0.15, 0.2) is 17.3 Å². The molecule has 1 aromatic heterocycles. The van der Waals surface area contributed by atoms with Gasteiger partial charge < -0.3 is 24.3 Å². The van der Waals surface area contributed by atoms with E-state index in [1.54, 1.807) is 6.07 Å². The van der Waals surface area contributed by atoms with Gasteiger partial charge in [-0.25, -0.2) is 14.4 Å². The molecule has 144 valence electrons. The fourth-order valence-corrected chi connectivity index (χ4v) is 2.93. The van der Waals surface area contributed by atoms with E-state index < -0.39 is 12.9 Å². The van der Waals surface area contributed by atoms with Crippen molar-refractivity contribution in [1.82, 2.24) is 9.97 Å². The molecule has 1 aliphatic heterocycles. The zero-order valence-corrected chi connectivity index (χ0v) is 15.3. The molecule has 1 atom stereocenters. The molecule has 1 aliphatic rings. The lowest BCUT2D eigenvalue weighted by atomic mass is 9.81. The first-order valence-corrected chi connectivity index (χ1v) is 8.84. The zero-order chi connectivity index (χ0) is 19.4. The van der Waals surface area contributed by atoms with Crippen molar-refractivity contribution >= 4 is 7.12 Å². The highest BCUT2D eigenvalue weighted by atomic mass is 19.1. The summed E-state index contributed by atoms with van der Waals surface area (Å²) in [6.45, 7) is 2.42. The molecular weight excluding hydrogens is 354 g/mol. The standard InChI is InChI=1S/C18H22BFN2O5/c1-3-4-26-17-6-13(14(20)7-16(17)25-2)18-21-12(9-23)5-15(22-18)11-8-19(24)27-10-11/h5-7,11,23-24H,3-4,8-10H2,1-2H3. The Labute approximate surface area is 157 Å². The molecule has 0 aliphatic carbocycles. The van der Waals surface area contributed by atoms with Gasteiger partial charge in [-0.3, -0.25) is 0 Å². The summed E-state index contributed by atoms with van der Waals surface area (Å²) in [6.07, 6.45) is 1.18. The number of methoxy groups -OCH3 is 1. The number of aliphatic hydroxyl groups excluding tert-OH is 1. The van der Waals surface area contributed by atoms with Gasteiger partial charge in [0.05, 0.1) is 31.6 Å². The molecular formula is C18H22BFN2O5. The second-order valence-corrected chi connectivity index (χ2v) is 6.32. The molecule has 2 aromatic rings. The van der Waals surface area contributed by atoms with Gasteiger partial charge in [-0.2, -0.15) is 0 Å². The van der Waals surface area contributed by atoms with Gasteiger partial charge >= 0.3 is 7.12 Å². The van der Waals surface area contributed by atoms with Crippen molar-refractivity contribution in [2.45, 2.75) is 32.2 Å². The average Bonchev–Trinajstić information content (AvgIpc) is 3.12. The summed E-state index contributed by atoms with van der Waals surface area (Å²) in [5.41, 5.74) is 1.10. The van der Waals surface area contributed by atoms with Crippen molar-refractivity contribution in [3.63, 3.8) is 0 Å². The molecule has 3 rings (SSSR count). The van der Waals surface area contributed by atoms with Gasteiger partial charge in [0, 0.05) is 24.3 Å². The number of ether oxygens (including phenoxy) is 2. The first-order valence-electron chi connectivity index (χ1n) is 8.84. The van der Waals surface area contributed by atoms with Crippen LogP contribution in [0.1, 0.15) is 30.7 Å². The largest absolute Gasteiger partial charge is 0.493 e. The minimum Gasteiger partial charge on any atom is -0.493 e. The summed E-state index contributed by atoms with van der Waals surface area (Å²) < 4.78 is 30.7. The Bertz CT molecular complexity index is 808. The molecule has 1 fully saturated rings. The maximum Gasteiger partial charge on any atom is 0.454 e. The Kier molecular flexibility index (Phi) is 6.25. The van der Waals surface area contributed by atoms with Crippen LogP contribution in [0.25, 0.3) is 11.4 Å². The third-order valence-corrected chi connectivity index (χ3v) is 4.31. The van der Waals surface area contributed by atoms with E-state index >= 15 is 0 Å². The number of nitrogens with zero attached hydrogens (tertiary/aromatic N) is 2. The molecule has 1 unspecified atom stereocenters. The zero-order valence-electron chi connectivity index (χ0n) is 15.3. The van der Waals surface area contributed by atoms with E-state index in [4.69, 9.17) is 14.1 Å². The lowest BCUT2D eigenvalue weighted by Gasteiger charge is -2.14. The molecule has 0 amide bonds. The Balaban J connectivity index is 2.04. The van der Waals surface area contributed by atoms with Crippen molar-refractivity contribution in [2.24, 2.45) is 0 Å². The van der Waals surface area contributed by atoms with Crippen LogP contribution in [0.3, 0.4) is 0 Å². The molecule has 0 spiro atoms. The third-order valence-electron chi connectivity index (χ3n) is 4.31. The SMILES string of the molecule is CCCOc1cc(-c2nc(CO)cc(C3COB(O)C3)n2)c(F)cc1OC. The lowest BCUT2D eigenvalue weighted by molar-refractivity contribution is 0.275. The Morgan fingerprint density at radius 1 is 1.30 bits per heavy atom. The normalized spacial score (nSPS) is 16.6. The highest BCUT2D eigenvalue weighted by Gasteiger charge is 2.31. The first-order chi connectivity index (χ1) is 13.0. The second-order valence-electron chi connectivity index (χ2n) is 6.32. The number of hydrogen-bond donors (Lipinski definition) is 2. The van der Waals surface area contributed by atoms with E-state index in [0.717, 1.165) is 6.42 Å². The monoisotopic (exact) mass is 376 g/mol. The van der Waals surface area contributed by atoms with Crippen LogP contribution in [0.15, 0.2) is 18.2 Å². The lowest BCUT2D eigenvalue weighted by Crippen LogP contribution is -2.09. The number of rotatable bonds is 7. The van der Waals surface area contributed by atoms with Crippen molar-refractivity contribution < 1.29 is 28.6 Å². The summed E-state index contributed by atoms with van der Waals surface area (Å²) in [5, 5.41) is 19.1. The van der Waals surface area contributed by atoms with E-state index in [1.807, 2.05) is 6.92 Å². The number of hydrogen-bond acceptors (Lipinski definition) is 7. The van der Waals surface area contributed by atoms with Crippen LogP contribution < -0.4 is 9.47 Å². The Hall–Kier alpha value is -2.23. The molecule has 0 radical (unpaired) electrons. The molecule has 9 heteroatoms. The van der Waals surface area contributed by atoms with Gasteiger partial charge in [-0.15, -0.1) is 0 Å². The average molecular weight is 376 g/mol. The molecule has 2 N–H and O–H groups in total. The van der Waals surface area contributed by atoms with Crippen molar-refractivity contribution in [2.75, 3.05) is 20.3 Å². The van der Waals surface area contributed by atoms with Crippen LogP contribution in [0.2, 0.25) is 6.32 Å². The number of benzene rings is 1. The second kappa shape index (κ2) is 8.64. The van der Waals surface area contributed by atoms with Gasteiger partial charge in [0.2, 0.25) is 0 Å². The predicted octanol–water partition coefficient (Wildman–Crippen LogP) is 2.17. The van der Waals surface area contributed by atoms with Crippen molar-refractivity contribution in [3.05, 3.63) is 35.4 Å². The minimum absolute atomic E-state index is 0.138. The van der Waals surface area contributed by atoms with Crippen molar-refractivity contribution in [3.8, 4) is 22.9 Å². The molecule has 1 saturated heterocycles. The van der Waals surface area contributed by atoms with Crippen LogP contribution in [0, 0.1) is 5.82 Å². The molecule has 1 aromatic carbocycles. The van der Waals surface area contributed by atoms with Crippen LogP contribution in [0.4, 0.5) is 4.39 Å². The highest BCUT2D eigenvalue weighted by molar-refractivity contribution is 6.43. The van der Waals surface area contributed by atoms with Crippen molar-refractivity contribution in [1.29, 1.82) is 0 Å². The van der Waals surface area contributed by atoms with E-state index in [-0.39, 0.29) is 29.7 Å². The van der Waals surface area contributed by atoms with E-state index in [1.165, 1.54) is 19.2 Å². The van der Waals surface area contributed by atoms with E-state index in [0.29, 0.717) is 36.7 Å². The Morgan fingerprint density at radius 3 is 2.74 bits per heavy atom. The number of aromatic nitrogens is 2. The topological polar surface area (TPSA) is 93.9 Å². The predicted molar refractivity (Wildman–Crippen MR) is 97.2 cm³/mol. The fraction of sp³-hybridized carbons (Fsp3) is 0.444. The van der Waals surface area contributed by atoms with E-state index in [2.05, 4.69) is 9.97 Å². The smallest absolute Gasteiger partial charge is 0.454 e. The molecule has 0 saturated carbocycles. The minimum atomic E-state index is -0.849. The molecule has 7 nitrogen and oxygen atoms in total. The fourth-order valence-electron chi connectivity index (χ4n) is 2.93. The molecule has 0 bridgehead atoms. The first kappa shape index (κ1) is 19.5. The maximum atomic E-state index is 14.7. The summed E-state index contributed by atoms with van der Waals surface area (Å²) in [4.78, 5) is 8.71. The summed E-state index contributed by atoms with van der Waals surface area (Å²) in [7, 11) is 0.595. The van der Waals surface area contributed by atoms with Gasteiger partial charge in [0.25, 0.3) is 0 Å². The Morgan fingerprint density at radius 2 is 2.11 bits per heavy atom. The van der Waals surface area contributed by atoms with Crippen LogP contribution in [-0.2, 0) is 11.3 Å².